The van der Waals surface area contributed by atoms with E-state index in [1.807, 2.05) is 0 Å². The van der Waals surface area contributed by atoms with Gasteiger partial charge in [0, 0.05) is 11.0 Å². The first-order valence-corrected chi connectivity index (χ1v) is 6.35. The largest absolute Gasteiger partial charge is 0.477 e. The lowest BCUT2D eigenvalue weighted by Crippen LogP contribution is -2.02. The number of carboxylic acids is 1. The highest BCUT2D eigenvalue weighted by molar-refractivity contribution is 7.99. The van der Waals surface area contributed by atoms with Gasteiger partial charge in [0.2, 0.25) is 0 Å². The van der Waals surface area contributed by atoms with Gasteiger partial charge in [0.1, 0.15) is 17.2 Å². The molecule has 0 fully saturated rings. The van der Waals surface area contributed by atoms with Crippen LogP contribution in [0.4, 0.5) is 14.5 Å². The van der Waals surface area contributed by atoms with Crippen LogP contribution in [-0.2, 0) is 0 Å². The molecule has 0 radical (unpaired) electrons. The van der Waals surface area contributed by atoms with Crippen LogP contribution in [0.25, 0.3) is 0 Å². The Hall–Kier alpha value is -2.48. The van der Waals surface area contributed by atoms with Crippen molar-refractivity contribution < 1.29 is 23.6 Å². The van der Waals surface area contributed by atoms with Crippen LogP contribution in [0.2, 0.25) is 0 Å². The summed E-state index contributed by atoms with van der Waals surface area (Å²) in [6, 6.07) is 6.21. The molecule has 0 aromatic heterocycles. The van der Waals surface area contributed by atoms with E-state index in [-0.39, 0.29) is 9.79 Å². The van der Waals surface area contributed by atoms with Gasteiger partial charge in [-0.15, -0.1) is 0 Å². The number of nitro groups is 1. The molecule has 0 saturated heterocycles. The number of halogens is 2. The van der Waals surface area contributed by atoms with Crippen LogP contribution in [0.5, 0.6) is 0 Å². The molecule has 0 aliphatic heterocycles. The molecule has 0 spiro atoms. The molecule has 0 aliphatic carbocycles. The second-order valence-corrected chi connectivity index (χ2v) is 5.03. The van der Waals surface area contributed by atoms with Gasteiger partial charge in [0.15, 0.2) is 0 Å². The van der Waals surface area contributed by atoms with E-state index in [2.05, 4.69) is 0 Å². The minimum absolute atomic E-state index is 0.0415. The fourth-order valence-corrected chi connectivity index (χ4v) is 2.50. The Kier molecular flexibility index (Phi) is 4.18. The fraction of sp³-hybridized carbons (Fsp3) is 0. The maximum atomic E-state index is 13.5. The van der Waals surface area contributed by atoms with Crippen LogP contribution in [0.1, 0.15) is 10.4 Å². The maximum absolute atomic E-state index is 13.5. The van der Waals surface area contributed by atoms with Gasteiger partial charge in [0.25, 0.3) is 5.69 Å². The van der Waals surface area contributed by atoms with Crippen molar-refractivity contribution in [1.82, 2.24) is 0 Å². The second-order valence-electron chi connectivity index (χ2n) is 3.92. The maximum Gasteiger partial charge on any atom is 0.342 e. The van der Waals surface area contributed by atoms with Crippen LogP contribution in [0.15, 0.2) is 46.2 Å². The zero-order chi connectivity index (χ0) is 15.6. The third-order valence-corrected chi connectivity index (χ3v) is 3.54. The first-order valence-electron chi connectivity index (χ1n) is 5.53. The van der Waals surface area contributed by atoms with E-state index < -0.39 is 33.8 Å². The second kappa shape index (κ2) is 5.88. The van der Waals surface area contributed by atoms with E-state index in [1.54, 1.807) is 0 Å². The lowest BCUT2D eigenvalue weighted by molar-refractivity contribution is -0.385. The first-order chi connectivity index (χ1) is 9.88. The number of hydrogen-bond donors (Lipinski definition) is 1. The summed E-state index contributed by atoms with van der Waals surface area (Å²) >= 11 is 0.779. The monoisotopic (exact) mass is 311 g/mol. The van der Waals surface area contributed by atoms with Crippen molar-refractivity contribution >= 4 is 23.4 Å². The smallest absolute Gasteiger partial charge is 0.342 e. The molecule has 0 atom stereocenters. The average molecular weight is 311 g/mol. The van der Waals surface area contributed by atoms with Crippen LogP contribution in [0.3, 0.4) is 0 Å². The number of hydrogen-bond acceptors (Lipinski definition) is 4. The number of nitro benzene ring substituents is 1. The third kappa shape index (κ3) is 3.34. The minimum atomic E-state index is -1.47. The molecule has 8 heteroatoms. The van der Waals surface area contributed by atoms with Crippen LogP contribution < -0.4 is 0 Å². The SMILES string of the molecule is O=C(O)c1cc(Sc2cc(F)ccc2F)ccc1[N+](=O)[O-]. The van der Waals surface area contributed by atoms with Crippen molar-refractivity contribution in [2.24, 2.45) is 0 Å². The molecule has 0 heterocycles. The van der Waals surface area contributed by atoms with Gasteiger partial charge in [-0.3, -0.25) is 10.1 Å². The number of carbonyl (C=O) groups is 1. The average Bonchev–Trinajstić information content (AvgIpc) is 2.42. The molecule has 0 bridgehead atoms. The zero-order valence-corrected chi connectivity index (χ0v) is 11.1. The Morgan fingerprint density at radius 2 is 1.90 bits per heavy atom. The summed E-state index contributed by atoms with van der Waals surface area (Å²) in [6.45, 7) is 0. The predicted molar refractivity (Wildman–Crippen MR) is 70.5 cm³/mol. The highest BCUT2D eigenvalue weighted by Crippen LogP contribution is 2.33. The first kappa shape index (κ1) is 14.9. The van der Waals surface area contributed by atoms with E-state index in [4.69, 9.17) is 5.11 Å². The molecule has 1 N–H and O–H groups in total. The van der Waals surface area contributed by atoms with Crippen molar-refractivity contribution in [3.05, 3.63) is 63.7 Å². The predicted octanol–water partition coefficient (Wildman–Crippen LogP) is 3.72. The normalized spacial score (nSPS) is 10.4. The Balaban J connectivity index is 2.41. The zero-order valence-electron chi connectivity index (χ0n) is 10.2. The molecule has 2 aromatic rings. The number of rotatable bonds is 4. The number of carboxylic acid groups (broad SMARTS) is 1. The van der Waals surface area contributed by atoms with Crippen LogP contribution in [0, 0.1) is 21.7 Å². The summed E-state index contributed by atoms with van der Waals surface area (Å²) < 4.78 is 26.6. The Morgan fingerprint density at radius 1 is 1.19 bits per heavy atom. The van der Waals surface area contributed by atoms with E-state index >= 15 is 0 Å². The minimum Gasteiger partial charge on any atom is -0.477 e. The molecular formula is C13H7F2NO4S. The number of nitrogens with zero attached hydrogens (tertiary/aromatic N) is 1. The molecule has 108 valence electrons. The summed E-state index contributed by atoms with van der Waals surface area (Å²) in [5.41, 5.74) is -1.08. The molecule has 5 nitrogen and oxygen atoms in total. The van der Waals surface area contributed by atoms with Gasteiger partial charge in [-0.1, -0.05) is 11.8 Å². The summed E-state index contributed by atoms with van der Waals surface area (Å²) in [6.07, 6.45) is 0. The van der Waals surface area contributed by atoms with Gasteiger partial charge in [0.05, 0.1) is 9.82 Å². The fourth-order valence-electron chi connectivity index (χ4n) is 1.59. The van der Waals surface area contributed by atoms with Crippen LogP contribution >= 0.6 is 11.8 Å². The van der Waals surface area contributed by atoms with Crippen molar-refractivity contribution in [3.8, 4) is 0 Å². The molecule has 0 unspecified atom stereocenters. The Bertz CT molecular complexity index is 736. The Morgan fingerprint density at radius 3 is 2.52 bits per heavy atom. The highest BCUT2D eigenvalue weighted by atomic mass is 32.2. The lowest BCUT2D eigenvalue weighted by atomic mass is 10.2. The standard InChI is InChI=1S/C13H7F2NO4S/c14-7-1-3-10(15)12(5-7)21-8-2-4-11(16(19)20)9(6-8)13(17)18/h1-6H,(H,17,18). The highest BCUT2D eigenvalue weighted by Gasteiger charge is 2.20. The van der Waals surface area contributed by atoms with E-state index in [1.165, 1.54) is 6.07 Å². The van der Waals surface area contributed by atoms with E-state index in [9.17, 15) is 23.7 Å². The number of aromatic carboxylic acids is 1. The van der Waals surface area contributed by atoms with E-state index in [0.717, 1.165) is 42.1 Å². The molecule has 2 aromatic carbocycles. The quantitative estimate of drug-likeness (QED) is 0.687. The topological polar surface area (TPSA) is 80.4 Å². The van der Waals surface area contributed by atoms with Crippen molar-refractivity contribution in [2.45, 2.75) is 9.79 Å². The molecule has 2 rings (SSSR count). The van der Waals surface area contributed by atoms with E-state index in [0.29, 0.717) is 0 Å². The summed E-state index contributed by atoms with van der Waals surface area (Å²) in [7, 11) is 0. The Labute approximate surface area is 121 Å². The summed E-state index contributed by atoms with van der Waals surface area (Å²) in [5.74, 6) is -2.78. The van der Waals surface area contributed by atoms with Crippen LogP contribution in [-0.4, -0.2) is 16.0 Å². The van der Waals surface area contributed by atoms with Gasteiger partial charge in [-0.2, -0.15) is 0 Å². The molecule has 21 heavy (non-hydrogen) atoms. The molecule has 0 saturated carbocycles. The van der Waals surface area contributed by atoms with Gasteiger partial charge < -0.3 is 5.11 Å². The summed E-state index contributed by atoms with van der Waals surface area (Å²) in [4.78, 5) is 21.1. The van der Waals surface area contributed by atoms with Crippen molar-refractivity contribution in [1.29, 1.82) is 0 Å². The third-order valence-electron chi connectivity index (χ3n) is 2.52. The lowest BCUT2D eigenvalue weighted by Gasteiger charge is -2.05. The molecular weight excluding hydrogens is 304 g/mol. The van der Waals surface area contributed by atoms with Crippen molar-refractivity contribution in [2.75, 3.05) is 0 Å². The number of benzene rings is 2. The van der Waals surface area contributed by atoms with Gasteiger partial charge in [-0.05, 0) is 30.3 Å². The van der Waals surface area contributed by atoms with Gasteiger partial charge >= 0.3 is 5.97 Å². The van der Waals surface area contributed by atoms with Crippen molar-refractivity contribution in [3.63, 3.8) is 0 Å². The molecule has 0 aliphatic rings. The molecule has 0 amide bonds. The van der Waals surface area contributed by atoms with Gasteiger partial charge in [-0.25, -0.2) is 13.6 Å². The summed E-state index contributed by atoms with van der Waals surface area (Å²) in [5, 5.41) is 19.7.